The van der Waals surface area contributed by atoms with Gasteiger partial charge in [0.15, 0.2) is 0 Å². The number of aromatic nitrogens is 2. The summed E-state index contributed by atoms with van der Waals surface area (Å²) in [5.41, 5.74) is 3.31. The number of carbonyl (C=O) groups is 1. The molecule has 1 aromatic rings. The summed E-state index contributed by atoms with van der Waals surface area (Å²) in [6, 6.07) is -0.00130. The SMILES string of the molecule is Cc1nn(C)c(C)c1CCC(=O)N1CCC(C)C1CO. The number of nitrogens with zero attached hydrogens (tertiary/aromatic N) is 3. The van der Waals surface area contributed by atoms with Crippen LogP contribution in [-0.2, 0) is 18.3 Å². The maximum absolute atomic E-state index is 12.4. The molecule has 0 aromatic carbocycles. The molecule has 2 rings (SSSR count). The minimum Gasteiger partial charge on any atom is -0.394 e. The summed E-state index contributed by atoms with van der Waals surface area (Å²) in [5.74, 6) is 0.543. The third kappa shape index (κ3) is 2.73. The number of amides is 1. The van der Waals surface area contributed by atoms with Gasteiger partial charge in [0.2, 0.25) is 5.91 Å². The molecular weight excluding hydrogens is 254 g/mol. The molecule has 0 radical (unpaired) electrons. The van der Waals surface area contributed by atoms with Gasteiger partial charge < -0.3 is 10.0 Å². The van der Waals surface area contributed by atoms with Crippen LogP contribution in [0.5, 0.6) is 0 Å². The number of rotatable bonds is 4. The first-order chi connectivity index (χ1) is 9.45. The fraction of sp³-hybridized carbons (Fsp3) is 0.733. The highest BCUT2D eigenvalue weighted by Gasteiger charge is 2.33. The molecule has 0 spiro atoms. The average Bonchev–Trinajstić information content (AvgIpc) is 2.89. The van der Waals surface area contributed by atoms with E-state index >= 15 is 0 Å². The highest BCUT2D eigenvalue weighted by molar-refractivity contribution is 5.77. The molecule has 5 heteroatoms. The Labute approximate surface area is 120 Å². The monoisotopic (exact) mass is 279 g/mol. The van der Waals surface area contributed by atoms with Crippen LogP contribution in [0.2, 0.25) is 0 Å². The van der Waals surface area contributed by atoms with Crippen molar-refractivity contribution < 1.29 is 9.90 Å². The Hall–Kier alpha value is -1.36. The number of hydrogen-bond acceptors (Lipinski definition) is 3. The van der Waals surface area contributed by atoms with Gasteiger partial charge in [-0.05, 0) is 38.2 Å². The first kappa shape index (κ1) is 15.0. The van der Waals surface area contributed by atoms with E-state index in [0.29, 0.717) is 12.3 Å². The second kappa shape index (κ2) is 5.95. The van der Waals surface area contributed by atoms with Crippen molar-refractivity contribution >= 4 is 5.91 Å². The van der Waals surface area contributed by atoms with Crippen molar-refractivity contribution in [3.05, 3.63) is 17.0 Å². The van der Waals surface area contributed by atoms with Crippen molar-refractivity contribution in [1.29, 1.82) is 0 Å². The topological polar surface area (TPSA) is 58.4 Å². The molecule has 0 saturated carbocycles. The van der Waals surface area contributed by atoms with E-state index in [-0.39, 0.29) is 18.6 Å². The first-order valence-corrected chi connectivity index (χ1v) is 7.35. The highest BCUT2D eigenvalue weighted by Crippen LogP contribution is 2.25. The van der Waals surface area contributed by atoms with Crippen LogP contribution in [0.4, 0.5) is 0 Å². The highest BCUT2D eigenvalue weighted by atomic mass is 16.3. The minimum absolute atomic E-state index is 0.00130. The van der Waals surface area contributed by atoms with E-state index in [1.54, 1.807) is 0 Å². The zero-order valence-corrected chi connectivity index (χ0v) is 12.9. The maximum Gasteiger partial charge on any atom is 0.223 e. The van der Waals surface area contributed by atoms with Crippen molar-refractivity contribution in [1.82, 2.24) is 14.7 Å². The summed E-state index contributed by atoms with van der Waals surface area (Å²) in [6.45, 7) is 6.97. The zero-order valence-electron chi connectivity index (χ0n) is 12.9. The number of carbonyl (C=O) groups excluding carboxylic acids is 1. The van der Waals surface area contributed by atoms with Crippen LogP contribution in [0.25, 0.3) is 0 Å². The summed E-state index contributed by atoms with van der Waals surface area (Å²) in [6.07, 6.45) is 2.21. The van der Waals surface area contributed by atoms with E-state index < -0.39 is 0 Å². The van der Waals surface area contributed by atoms with Crippen LogP contribution >= 0.6 is 0 Å². The van der Waals surface area contributed by atoms with Gasteiger partial charge in [0.05, 0.1) is 18.3 Å². The van der Waals surface area contributed by atoms with E-state index in [1.165, 1.54) is 5.56 Å². The predicted octanol–water partition coefficient (Wildman–Crippen LogP) is 1.20. The van der Waals surface area contributed by atoms with Gasteiger partial charge in [0, 0.05) is 25.7 Å². The molecule has 2 heterocycles. The van der Waals surface area contributed by atoms with Gasteiger partial charge in [-0.15, -0.1) is 0 Å². The number of aliphatic hydroxyl groups excluding tert-OH is 1. The lowest BCUT2D eigenvalue weighted by molar-refractivity contribution is -0.133. The molecule has 5 nitrogen and oxygen atoms in total. The van der Waals surface area contributed by atoms with Crippen LogP contribution in [-0.4, -0.2) is 44.9 Å². The largest absolute Gasteiger partial charge is 0.394 e. The number of hydrogen-bond donors (Lipinski definition) is 1. The molecule has 1 amide bonds. The van der Waals surface area contributed by atoms with Crippen LogP contribution < -0.4 is 0 Å². The van der Waals surface area contributed by atoms with Gasteiger partial charge in [-0.1, -0.05) is 6.92 Å². The van der Waals surface area contributed by atoms with Crippen molar-refractivity contribution in [2.45, 2.75) is 46.1 Å². The van der Waals surface area contributed by atoms with Crippen LogP contribution in [0, 0.1) is 19.8 Å². The van der Waals surface area contributed by atoms with Gasteiger partial charge in [0.1, 0.15) is 0 Å². The van der Waals surface area contributed by atoms with Crippen molar-refractivity contribution in [2.24, 2.45) is 13.0 Å². The summed E-state index contributed by atoms with van der Waals surface area (Å²) in [7, 11) is 1.93. The summed E-state index contributed by atoms with van der Waals surface area (Å²) < 4.78 is 1.86. The summed E-state index contributed by atoms with van der Waals surface area (Å²) >= 11 is 0. The molecule has 20 heavy (non-hydrogen) atoms. The van der Waals surface area contributed by atoms with Gasteiger partial charge in [-0.3, -0.25) is 9.48 Å². The Kier molecular flexibility index (Phi) is 4.48. The van der Waals surface area contributed by atoms with E-state index in [2.05, 4.69) is 12.0 Å². The van der Waals surface area contributed by atoms with Crippen molar-refractivity contribution in [3.63, 3.8) is 0 Å². The number of aryl methyl sites for hydroxylation is 2. The summed E-state index contributed by atoms with van der Waals surface area (Å²) in [5, 5.41) is 13.8. The third-order valence-electron chi connectivity index (χ3n) is 4.64. The molecule has 1 N–H and O–H groups in total. The van der Waals surface area contributed by atoms with Gasteiger partial charge in [-0.2, -0.15) is 5.10 Å². The third-order valence-corrected chi connectivity index (χ3v) is 4.64. The number of likely N-dealkylation sites (tertiary alicyclic amines) is 1. The first-order valence-electron chi connectivity index (χ1n) is 7.35. The van der Waals surface area contributed by atoms with Gasteiger partial charge >= 0.3 is 0 Å². The van der Waals surface area contributed by atoms with E-state index in [9.17, 15) is 9.90 Å². The molecule has 112 valence electrons. The molecule has 2 atom stereocenters. The predicted molar refractivity (Wildman–Crippen MR) is 77.4 cm³/mol. The van der Waals surface area contributed by atoms with Gasteiger partial charge in [-0.25, -0.2) is 0 Å². The minimum atomic E-state index is -0.00130. The molecule has 1 aliphatic rings. The fourth-order valence-corrected chi connectivity index (χ4v) is 3.15. The smallest absolute Gasteiger partial charge is 0.223 e. The van der Waals surface area contributed by atoms with Crippen molar-refractivity contribution in [3.8, 4) is 0 Å². The Morgan fingerprint density at radius 3 is 2.70 bits per heavy atom. The van der Waals surface area contributed by atoms with E-state index in [1.807, 2.05) is 30.5 Å². The second-order valence-electron chi connectivity index (χ2n) is 5.88. The lowest BCUT2D eigenvalue weighted by Gasteiger charge is -2.25. The molecule has 0 aliphatic carbocycles. The molecule has 1 saturated heterocycles. The lowest BCUT2D eigenvalue weighted by atomic mass is 10.0. The fourth-order valence-electron chi connectivity index (χ4n) is 3.15. The Balaban J connectivity index is 1.99. The molecule has 0 bridgehead atoms. The maximum atomic E-state index is 12.4. The molecule has 2 unspecified atom stereocenters. The molecule has 1 aliphatic heterocycles. The lowest BCUT2D eigenvalue weighted by Crippen LogP contribution is -2.39. The van der Waals surface area contributed by atoms with E-state index in [4.69, 9.17) is 0 Å². The molecule has 1 fully saturated rings. The number of aliphatic hydroxyl groups is 1. The quantitative estimate of drug-likeness (QED) is 0.901. The molecule has 1 aromatic heterocycles. The Morgan fingerprint density at radius 2 is 2.15 bits per heavy atom. The Bertz CT molecular complexity index is 496. The normalized spacial score (nSPS) is 22.6. The standard InChI is InChI=1S/C15H25N3O2/c1-10-7-8-18(14(10)9-19)15(20)6-5-13-11(2)16-17(4)12(13)3/h10,14,19H,5-9H2,1-4H3. The van der Waals surface area contributed by atoms with E-state index in [0.717, 1.165) is 30.8 Å². The second-order valence-corrected chi connectivity index (χ2v) is 5.88. The van der Waals surface area contributed by atoms with Crippen LogP contribution in [0.3, 0.4) is 0 Å². The zero-order chi connectivity index (χ0) is 14.9. The van der Waals surface area contributed by atoms with Gasteiger partial charge in [0.25, 0.3) is 0 Å². The van der Waals surface area contributed by atoms with Crippen LogP contribution in [0.15, 0.2) is 0 Å². The summed E-state index contributed by atoms with van der Waals surface area (Å²) in [4.78, 5) is 14.2. The Morgan fingerprint density at radius 1 is 1.45 bits per heavy atom. The van der Waals surface area contributed by atoms with Crippen LogP contribution in [0.1, 0.15) is 36.7 Å². The molecular formula is C15H25N3O2. The average molecular weight is 279 g/mol. The van der Waals surface area contributed by atoms with Crippen molar-refractivity contribution in [2.75, 3.05) is 13.2 Å².